The highest BCUT2D eigenvalue weighted by atomic mass is 16.5. The second-order valence-corrected chi connectivity index (χ2v) is 7.12. The molecule has 0 bridgehead atoms. The molecule has 1 aliphatic carbocycles. The van der Waals surface area contributed by atoms with Crippen molar-refractivity contribution in [3.05, 3.63) is 35.4 Å². The summed E-state index contributed by atoms with van der Waals surface area (Å²) in [7, 11) is 0. The maximum Gasteiger partial charge on any atom is 0.338 e. The van der Waals surface area contributed by atoms with Crippen LogP contribution < -0.4 is 0 Å². The third-order valence-corrected chi connectivity index (χ3v) is 4.98. The molecule has 0 aromatic heterocycles. The molecule has 0 heterocycles. The van der Waals surface area contributed by atoms with Crippen molar-refractivity contribution >= 4 is 11.8 Å². The lowest BCUT2D eigenvalue weighted by Gasteiger charge is -2.36. The molecule has 3 unspecified atom stereocenters. The zero-order valence-electron chi connectivity index (χ0n) is 14.7. The highest BCUT2D eigenvalue weighted by molar-refractivity contribution is 5.97. The average molecular weight is 316 g/mol. The zero-order valence-corrected chi connectivity index (χ0v) is 14.7. The number of Topliss-reactive ketones (excluding diaryl/α,β-unsaturated/α-hetero) is 1. The molecule has 0 spiro atoms. The summed E-state index contributed by atoms with van der Waals surface area (Å²) in [4.78, 5) is 24.1. The van der Waals surface area contributed by atoms with Gasteiger partial charge in [0.15, 0.2) is 5.78 Å². The van der Waals surface area contributed by atoms with E-state index in [1.54, 1.807) is 24.3 Å². The van der Waals surface area contributed by atoms with Gasteiger partial charge in [0.1, 0.15) is 6.10 Å². The van der Waals surface area contributed by atoms with Crippen molar-refractivity contribution < 1.29 is 14.3 Å². The molecule has 126 valence electrons. The van der Waals surface area contributed by atoms with Gasteiger partial charge in [-0.05, 0) is 42.7 Å². The van der Waals surface area contributed by atoms with Gasteiger partial charge in [-0.15, -0.1) is 0 Å². The Bertz CT molecular complexity index is 545. The molecule has 23 heavy (non-hydrogen) atoms. The number of hydrogen-bond acceptors (Lipinski definition) is 3. The fraction of sp³-hybridized carbons (Fsp3) is 0.600. The first-order chi connectivity index (χ1) is 10.9. The highest BCUT2D eigenvalue weighted by Crippen LogP contribution is 2.35. The largest absolute Gasteiger partial charge is 0.458 e. The van der Waals surface area contributed by atoms with Crippen LogP contribution in [0.25, 0.3) is 0 Å². The quantitative estimate of drug-likeness (QED) is 0.573. The monoisotopic (exact) mass is 316 g/mol. The highest BCUT2D eigenvalue weighted by Gasteiger charge is 2.33. The average Bonchev–Trinajstić information content (AvgIpc) is 2.54. The van der Waals surface area contributed by atoms with E-state index in [1.165, 1.54) is 6.42 Å². The van der Waals surface area contributed by atoms with Crippen LogP contribution in [0.15, 0.2) is 24.3 Å². The molecule has 0 saturated heterocycles. The maximum atomic E-state index is 12.4. The van der Waals surface area contributed by atoms with Crippen LogP contribution in [0.4, 0.5) is 0 Å². The summed E-state index contributed by atoms with van der Waals surface area (Å²) in [6.45, 7) is 8.46. The molecule has 1 aromatic rings. The number of carbonyl (C=O) groups excluding carboxylic acids is 2. The number of esters is 1. The van der Waals surface area contributed by atoms with Crippen LogP contribution in [0.2, 0.25) is 0 Å². The van der Waals surface area contributed by atoms with Gasteiger partial charge in [-0.25, -0.2) is 4.79 Å². The predicted molar refractivity (Wildman–Crippen MR) is 91.6 cm³/mol. The predicted octanol–water partition coefficient (Wildman–Crippen LogP) is 4.90. The summed E-state index contributed by atoms with van der Waals surface area (Å²) in [5.41, 5.74) is 1.17. The molecule has 3 heteroatoms. The minimum atomic E-state index is -0.273. The van der Waals surface area contributed by atoms with Crippen LogP contribution in [0, 0.1) is 17.8 Å². The fourth-order valence-corrected chi connectivity index (χ4v) is 3.45. The summed E-state index contributed by atoms with van der Waals surface area (Å²) >= 11 is 0. The number of carbonyl (C=O) groups is 2. The van der Waals surface area contributed by atoms with Gasteiger partial charge in [0, 0.05) is 12.0 Å². The Morgan fingerprint density at radius 2 is 1.74 bits per heavy atom. The normalized spacial score (nSPS) is 24.5. The second kappa shape index (κ2) is 7.76. The van der Waals surface area contributed by atoms with Gasteiger partial charge < -0.3 is 4.74 Å². The number of ketones is 1. The van der Waals surface area contributed by atoms with E-state index in [0.717, 1.165) is 12.8 Å². The van der Waals surface area contributed by atoms with E-state index >= 15 is 0 Å². The van der Waals surface area contributed by atoms with E-state index in [9.17, 15) is 9.59 Å². The third-order valence-electron chi connectivity index (χ3n) is 4.98. The van der Waals surface area contributed by atoms with Gasteiger partial charge in [0.25, 0.3) is 0 Å². The van der Waals surface area contributed by atoms with Crippen molar-refractivity contribution in [2.75, 3.05) is 0 Å². The van der Waals surface area contributed by atoms with Crippen molar-refractivity contribution in [2.24, 2.45) is 17.8 Å². The molecule has 0 N–H and O–H groups in total. The van der Waals surface area contributed by atoms with Crippen molar-refractivity contribution in [1.82, 2.24) is 0 Å². The van der Waals surface area contributed by atoms with E-state index in [2.05, 4.69) is 20.8 Å². The Balaban J connectivity index is 2.06. The van der Waals surface area contributed by atoms with Gasteiger partial charge in [-0.2, -0.15) is 0 Å². The summed E-state index contributed by atoms with van der Waals surface area (Å²) in [6, 6.07) is 6.82. The van der Waals surface area contributed by atoms with Crippen LogP contribution in [0.3, 0.4) is 0 Å². The Morgan fingerprint density at radius 1 is 1.13 bits per heavy atom. The van der Waals surface area contributed by atoms with Crippen molar-refractivity contribution in [3.8, 4) is 0 Å². The minimum absolute atomic E-state index is 0.00296. The number of hydrogen-bond donors (Lipinski definition) is 0. The van der Waals surface area contributed by atoms with E-state index in [-0.39, 0.29) is 17.9 Å². The van der Waals surface area contributed by atoms with Gasteiger partial charge >= 0.3 is 5.97 Å². The van der Waals surface area contributed by atoms with Crippen LogP contribution in [0.5, 0.6) is 0 Å². The molecular formula is C20H28O3. The van der Waals surface area contributed by atoms with Gasteiger partial charge in [0.2, 0.25) is 0 Å². The van der Waals surface area contributed by atoms with E-state index < -0.39 is 0 Å². The Morgan fingerprint density at radius 3 is 2.30 bits per heavy atom. The third kappa shape index (κ3) is 4.43. The second-order valence-electron chi connectivity index (χ2n) is 7.12. The van der Waals surface area contributed by atoms with Gasteiger partial charge in [-0.1, -0.05) is 46.2 Å². The molecule has 0 amide bonds. The van der Waals surface area contributed by atoms with Crippen LogP contribution in [0.1, 0.15) is 74.1 Å². The van der Waals surface area contributed by atoms with Gasteiger partial charge in [-0.3, -0.25) is 4.79 Å². The van der Waals surface area contributed by atoms with Crippen molar-refractivity contribution in [2.45, 2.75) is 59.5 Å². The molecule has 3 nitrogen and oxygen atoms in total. The van der Waals surface area contributed by atoms with Crippen LogP contribution in [-0.4, -0.2) is 17.9 Å². The fourth-order valence-electron chi connectivity index (χ4n) is 3.45. The molecule has 1 saturated carbocycles. The Kier molecular flexibility index (Phi) is 5.97. The van der Waals surface area contributed by atoms with Crippen molar-refractivity contribution in [1.29, 1.82) is 0 Å². The van der Waals surface area contributed by atoms with E-state index in [4.69, 9.17) is 4.74 Å². The Hall–Kier alpha value is -1.64. The topological polar surface area (TPSA) is 43.4 Å². The molecule has 1 aliphatic rings. The number of rotatable bonds is 5. The molecule has 3 atom stereocenters. The smallest absolute Gasteiger partial charge is 0.338 e. The molecule has 0 aliphatic heterocycles. The molecule has 1 aromatic carbocycles. The summed E-state index contributed by atoms with van der Waals surface area (Å²) < 4.78 is 5.82. The maximum absolute atomic E-state index is 12.4. The summed E-state index contributed by atoms with van der Waals surface area (Å²) in [6.07, 6.45) is 3.76. The minimum Gasteiger partial charge on any atom is -0.458 e. The van der Waals surface area contributed by atoms with Crippen molar-refractivity contribution in [3.63, 3.8) is 0 Å². The van der Waals surface area contributed by atoms with Crippen LogP contribution in [-0.2, 0) is 4.74 Å². The van der Waals surface area contributed by atoms with Crippen LogP contribution >= 0.6 is 0 Å². The lowest BCUT2D eigenvalue weighted by molar-refractivity contribution is -0.0174. The van der Waals surface area contributed by atoms with E-state index in [1.807, 2.05) is 6.92 Å². The zero-order chi connectivity index (χ0) is 17.0. The number of ether oxygens (including phenoxy) is 1. The number of benzene rings is 1. The molecule has 1 fully saturated rings. The molecule has 0 radical (unpaired) electrons. The first kappa shape index (κ1) is 17.7. The Labute approximate surface area is 139 Å². The first-order valence-electron chi connectivity index (χ1n) is 8.76. The van der Waals surface area contributed by atoms with E-state index in [0.29, 0.717) is 35.3 Å². The lowest BCUT2D eigenvalue weighted by Crippen LogP contribution is -2.35. The summed E-state index contributed by atoms with van der Waals surface area (Å²) in [5, 5.41) is 0. The standard InChI is InChI=1S/C20H28O3/c1-5-18(21)15-7-9-16(10-8-15)20(22)23-19-12-14(4)6-11-17(19)13(2)3/h7-10,13-14,17,19H,5-6,11-12H2,1-4H3. The summed E-state index contributed by atoms with van der Waals surface area (Å²) in [5.74, 6) is 1.38. The molecule has 2 rings (SSSR count). The lowest BCUT2D eigenvalue weighted by atomic mass is 9.75. The van der Waals surface area contributed by atoms with Gasteiger partial charge in [0.05, 0.1) is 5.56 Å². The SMILES string of the molecule is CCC(=O)c1ccc(C(=O)OC2CC(C)CCC2C(C)C)cc1. The first-order valence-corrected chi connectivity index (χ1v) is 8.76. The molecular weight excluding hydrogens is 288 g/mol.